The minimum absolute atomic E-state index is 0.177. The Balaban J connectivity index is 1.91. The van der Waals surface area contributed by atoms with Gasteiger partial charge in [0.2, 0.25) is 10.0 Å². The van der Waals surface area contributed by atoms with Crippen molar-refractivity contribution in [3.63, 3.8) is 0 Å². The maximum absolute atomic E-state index is 13.0. The molecule has 0 radical (unpaired) electrons. The van der Waals surface area contributed by atoms with Gasteiger partial charge in [-0.3, -0.25) is 4.79 Å². The number of rotatable bonds is 8. The Bertz CT molecular complexity index is 896. The maximum Gasteiger partial charge on any atom is 0.251 e. The van der Waals surface area contributed by atoms with Crippen molar-refractivity contribution in [2.24, 2.45) is 0 Å². The largest absolute Gasteiger partial charge is 0.351 e. The molecule has 0 aliphatic heterocycles. The molecule has 0 heterocycles. The SMILES string of the molecule is Cc1ccc(C(=O)NCCN(CCc2ccc(F)cc2)S(C)(=O)=O)cc1C. The van der Waals surface area contributed by atoms with E-state index in [0.717, 1.165) is 22.9 Å². The highest BCUT2D eigenvalue weighted by atomic mass is 32.2. The molecule has 0 bridgehead atoms. The molecule has 1 amide bonds. The Labute approximate surface area is 160 Å². The number of nitrogens with zero attached hydrogens (tertiary/aromatic N) is 1. The molecule has 0 fully saturated rings. The number of benzene rings is 2. The summed E-state index contributed by atoms with van der Waals surface area (Å²) in [7, 11) is -3.41. The number of carbonyl (C=O) groups is 1. The first kappa shape index (κ1) is 21.1. The fraction of sp³-hybridized carbons (Fsp3) is 0.350. The van der Waals surface area contributed by atoms with Crippen LogP contribution in [0.1, 0.15) is 27.0 Å². The second kappa shape index (κ2) is 9.10. The van der Waals surface area contributed by atoms with E-state index in [1.807, 2.05) is 26.0 Å². The monoisotopic (exact) mass is 392 g/mol. The summed E-state index contributed by atoms with van der Waals surface area (Å²) in [4.78, 5) is 12.2. The number of hydrogen-bond acceptors (Lipinski definition) is 3. The predicted octanol–water partition coefficient (Wildman–Crippen LogP) is 2.68. The summed E-state index contributed by atoms with van der Waals surface area (Å²) < 4.78 is 38.2. The van der Waals surface area contributed by atoms with Crippen molar-refractivity contribution in [2.45, 2.75) is 20.3 Å². The Hall–Kier alpha value is -2.25. The number of nitrogens with one attached hydrogen (secondary N) is 1. The van der Waals surface area contributed by atoms with Crippen molar-refractivity contribution >= 4 is 15.9 Å². The van der Waals surface area contributed by atoms with Gasteiger partial charge in [0.1, 0.15) is 5.82 Å². The molecule has 0 atom stereocenters. The molecular formula is C20H25FN2O3S. The van der Waals surface area contributed by atoms with E-state index in [9.17, 15) is 17.6 Å². The van der Waals surface area contributed by atoms with E-state index in [0.29, 0.717) is 12.0 Å². The third-order valence-electron chi connectivity index (χ3n) is 4.45. The molecule has 0 saturated heterocycles. The highest BCUT2D eigenvalue weighted by Gasteiger charge is 2.17. The highest BCUT2D eigenvalue weighted by Crippen LogP contribution is 2.10. The Morgan fingerprint density at radius 1 is 1.04 bits per heavy atom. The van der Waals surface area contributed by atoms with Crippen molar-refractivity contribution < 1.29 is 17.6 Å². The molecule has 2 aromatic rings. The Morgan fingerprint density at radius 2 is 1.70 bits per heavy atom. The second-order valence-electron chi connectivity index (χ2n) is 6.59. The van der Waals surface area contributed by atoms with E-state index in [1.165, 1.54) is 16.4 Å². The van der Waals surface area contributed by atoms with Crippen LogP contribution in [0.25, 0.3) is 0 Å². The van der Waals surface area contributed by atoms with Crippen LogP contribution in [0.2, 0.25) is 0 Å². The lowest BCUT2D eigenvalue weighted by molar-refractivity contribution is 0.0951. The lowest BCUT2D eigenvalue weighted by Crippen LogP contribution is -2.39. The summed E-state index contributed by atoms with van der Waals surface area (Å²) in [6.07, 6.45) is 1.61. The lowest BCUT2D eigenvalue weighted by atomic mass is 10.1. The topological polar surface area (TPSA) is 66.5 Å². The molecule has 2 aromatic carbocycles. The summed E-state index contributed by atoms with van der Waals surface area (Å²) in [6, 6.07) is 11.4. The van der Waals surface area contributed by atoms with Crippen LogP contribution in [0.4, 0.5) is 4.39 Å². The van der Waals surface area contributed by atoms with Crippen LogP contribution < -0.4 is 5.32 Å². The minimum Gasteiger partial charge on any atom is -0.351 e. The summed E-state index contributed by atoms with van der Waals surface area (Å²) in [5, 5.41) is 2.76. The van der Waals surface area contributed by atoms with E-state index >= 15 is 0 Å². The van der Waals surface area contributed by atoms with E-state index in [2.05, 4.69) is 5.32 Å². The van der Waals surface area contributed by atoms with Gasteiger partial charge in [0, 0.05) is 25.2 Å². The van der Waals surface area contributed by atoms with Gasteiger partial charge in [-0.15, -0.1) is 0 Å². The zero-order valence-electron chi connectivity index (χ0n) is 15.8. The zero-order chi connectivity index (χ0) is 20.0. The van der Waals surface area contributed by atoms with Crippen LogP contribution in [-0.2, 0) is 16.4 Å². The van der Waals surface area contributed by atoms with Gasteiger partial charge in [-0.25, -0.2) is 17.1 Å². The molecule has 0 unspecified atom stereocenters. The van der Waals surface area contributed by atoms with Crippen LogP contribution in [0.15, 0.2) is 42.5 Å². The number of amides is 1. The minimum atomic E-state index is -3.41. The quantitative estimate of drug-likeness (QED) is 0.751. The number of aryl methyl sites for hydroxylation is 2. The molecular weight excluding hydrogens is 367 g/mol. The molecule has 5 nitrogen and oxygen atoms in total. The van der Waals surface area contributed by atoms with Gasteiger partial charge in [-0.2, -0.15) is 0 Å². The van der Waals surface area contributed by atoms with Crippen LogP contribution >= 0.6 is 0 Å². The maximum atomic E-state index is 13.0. The Morgan fingerprint density at radius 3 is 2.30 bits per heavy atom. The van der Waals surface area contributed by atoms with Gasteiger partial charge in [0.05, 0.1) is 6.26 Å². The van der Waals surface area contributed by atoms with Crippen molar-refractivity contribution in [3.8, 4) is 0 Å². The number of carbonyl (C=O) groups excluding carboxylic acids is 1. The van der Waals surface area contributed by atoms with Crippen molar-refractivity contribution in [2.75, 3.05) is 25.9 Å². The van der Waals surface area contributed by atoms with Gasteiger partial charge in [-0.1, -0.05) is 18.2 Å². The molecule has 0 saturated carbocycles. The number of halogens is 1. The lowest BCUT2D eigenvalue weighted by Gasteiger charge is -2.20. The fourth-order valence-electron chi connectivity index (χ4n) is 2.63. The van der Waals surface area contributed by atoms with Gasteiger partial charge in [0.15, 0.2) is 0 Å². The highest BCUT2D eigenvalue weighted by molar-refractivity contribution is 7.88. The van der Waals surface area contributed by atoms with Crippen molar-refractivity contribution in [1.29, 1.82) is 0 Å². The zero-order valence-corrected chi connectivity index (χ0v) is 16.6. The molecule has 0 spiro atoms. The van der Waals surface area contributed by atoms with Crippen LogP contribution in [0.5, 0.6) is 0 Å². The first-order valence-electron chi connectivity index (χ1n) is 8.72. The van der Waals surface area contributed by atoms with E-state index in [4.69, 9.17) is 0 Å². The standard InChI is InChI=1S/C20H25FN2O3S/c1-15-4-7-18(14-16(15)2)20(24)22-11-13-23(27(3,25)26)12-10-17-5-8-19(21)9-6-17/h4-9,14H,10-13H2,1-3H3,(H,22,24). The number of hydrogen-bond donors (Lipinski definition) is 1. The van der Waals surface area contributed by atoms with Crippen LogP contribution in [-0.4, -0.2) is 44.5 Å². The first-order valence-corrected chi connectivity index (χ1v) is 10.6. The molecule has 146 valence electrons. The molecule has 0 aliphatic rings. The van der Waals surface area contributed by atoms with E-state index in [-0.39, 0.29) is 31.4 Å². The summed E-state index contributed by atoms with van der Waals surface area (Å²) in [6.45, 7) is 4.57. The first-order chi connectivity index (χ1) is 12.7. The molecule has 1 N–H and O–H groups in total. The third kappa shape index (κ3) is 6.45. The normalized spacial score (nSPS) is 11.6. The van der Waals surface area contributed by atoms with Gasteiger partial charge < -0.3 is 5.32 Å². The van der Waals surface area contributed by atoms with Gasteiger partial charge >= 0.3 is 0 Å². The fourth-order valence-corrected chi connectivity index (χ4v) is 3.47. The molecule has 0 aliphatic carbocycles. The molecule has 27 heavy (non-hydrogen) atoms. The summed E-state index contributed by atoms with van der Waals surface area (Å²) >= 11 is 0. The van der Waals surface area contributed by atoms with E-state index < -0.39 is 10.0 Å². The average molecular weight is 392 g/mol. The van der Waals surface area contributed by atoms with Gasteiger partial charge in [-0.05, 0) is 61.2 Å². The molecule has 7 heteroatoms. The van der Waals surface area contributed by atoms with Crippen molar-refractivity contribution in [3.05, 3.63) is 70.5 Å². The average Bonchev–Trinajstić information content (AvgIpc) is 2.60. The summed E-state index contributed by atoms with van der Waals surface area (Å²) in [5.41, 5.74) is 3.54. The third-order valence-corrected chi connectivity index (χ3v) is 5.75. The molecule has 0 aromatic heterocycles. The second-order valence-corrected chi connectivity index (χ2v) is 8.58. The van der Waals surface area contributed by atoms with Gasteiger partial charge in [0.25, 0.3) is 5.91 Å². The van der Waals surface area contributed by atoms with Crippen LogP contribution in [0, 0.1) is 19.7 Å². The van der Waals surface area contributed by atoms with Crippen molar-refractivity contribution in [1.82, 2.24) is 9.62 Å². The molecule has 2 rings (SSSR count). The number of sulfonamides is 1. The Kier molecular flexibility index (Phi) is 7.10. The predicted molar refractivity (Wildman–Crippen MR) is 105 cm³/mol. The smallest absolute Gasteiger partial charge is 0.251 e. The van der Waals surface area contributed by atoms with E-state index in [1.54, 1.807) is 18.2 Å². The van der Waals surface area contributed by atoms with Crippen LogP contribution in [0.3, 0.4) is 0 Å². The summed E-state index contributed by atoms with van der Waals surface area (Å²) in [5.74, 6) is -0.558.